The van der Waals surface area contributed by atoms with Crippen LogP contribution >= 0.6 is 0 Å². The van der Waals surface area contributed by atoms with E-state index in [0.29, 0.717) is 22.4 Å². The van der Waals surface area contributed by atoms with Gasteiger partial charge in [0.15, 0.2) is 0 Å². The van der Waals surface area contributed by atoms with Crippen LogP contribution in [0.4, 0.5) is 10.1 Å². The van der Waals surface area contributed by atoms with Crippen molar-refractivity contribution in [2.24, 2.45) is 0 Å². The molecule has 0 unspecified atom stereocenters. The summed E-state index contributed by atoms with van der Waals surface area (Å²) in [4.78, 5) is 20.3. The van der Waals surface area contributed by atoms with Gasteiger partial charge in [0.1, 0.15) is 22.5 Å². The third-order valence-corrected chi connectivity index (χ3v) is 3.67. The van der Waals surface area contributed by atoms with Crippen LogP contribution in [-0.2, 0) is 0 Å². The van der Waals surface area contributed by atoms with Crippen molar-refractivity contribution in [2.45, 2.75) is 0 Å². The molecule has 3 aromatic heterocycles. The Labute approximate surface area is 135 Å². The summed E-state index contributed by atoms with van der Waals surface area (Å²) in [6.07, 6.45) is 4.65. The summed E-state index contributed by atoms with van der Waals surface area (Å²) < 4.78 is 15.4. The van der Waals surface area contributed by atoms with Crippen LogP contribution in [0.15, 0.2) is 61.1 Å². The summed E-state index contributed by atoms with van der Waals surface area (Å²) in [5, 5.41) is 0. The quantitative estimate of drug-likeness (QED) is 0.569. The van der Waals surface area contributed by atoms with Crippen LogP contribution in [0.2, 0.25) is 0 Å². The lowest BCUT2D eigenvalue weighted by atomic mass is 10.2. The maximum absolute atomic E-state index is 13.7. The third-order valence-electron chi connectivity index (χ3n) is 3.67. The molecule has 24 heavy (non-hydrogen) atoms. The fourth-order valence-electron chi connectivity index (χ4n) is 2.53. The first-order valence-corrected chi connectivity index (χ1v) is 7.26. The lowest BCUT2D eigenvalue weighted by molar-refractivity contribution is 0.0958. The number of carbonyl (C=O) groups is 1. The highest BCUT2D eigenvalue weighted by Crippen LogP contribution is 2.23. The van der Waals surface area contributed by atoms with Crippen LogP contribution in [0.1, 0.15) is 10.5 Å². The van der Waals surface area contributed by atoms with Gasteiger partial charge in [-0.3, -0.25) is 25.6 Å². The SMILES string of the molecule is O=C(NNc1cccc2c1ncc1c(F)ccn12)c1ccccn1. The minimum atomic E-state index is -0.360. The van der Waals surface area contributed by atoms with E-state index in [1.807, 2.05) is 6.07 Å². The Hall–Kier alpha value is -3.48. The first kappa shape index (κ1) is 14.1. The molecule has 0 fully saturated rings. The van der Waals surface area contributed by atoms with Gasteiger partial charge in [-0.25, -0.2) is 4.39 Å². The third kappa shape index (κ3) is 2.32. The molecule has 4 aromatic rings. The molecule has 0 aliphatic carbocycles. The molecule has 6 nitrogen and oxygen atoms in total. The van der Waals surface area contributed by atoms with Crippen LogP contribution in [0.25, 0.3) is 16.6 Å². The standard InChI is InChI=1S/C17H12FN5O/c18-11-7-9-23-14-6-3-5-12(16(14)20-10-15(11)23)21-22-17(24)13-4-1-2-8-19-13/h1-10,21H,(H,22,24). The van der Waals surface area contributed by atoms with E-state index in [1.54, 1.807) is 47.1 Å². The van der Waals surface area contributed by atoms with E-state index < -0.39 is 0 Å². The van der Waals surface area contributed by atoms with Gasteiger partial charge in [0, 0.05) is 12.4 Å². The van der Waals surface area contributed by atoms with E-state index in [2.05, 4.69) is 20.8 Å². The number of carbonyl (C=O) groups excluding carboxylic acids is 1. The summed E-state index contributed by atoms with van der Waals surface area (Å²) in [5.41, 5.74) is 8.08. The summed E-state index contributed by atoms with van der Waals surface area (Å²) in [6, 6.07) is 11.9. The molecule has 1 amide bonds. The van der Waals surface area contributed by atoms with E-state index in [4.69, 9.17) is 0 Å². The molecule has 4 rings (SSSR count). The minimum Gasteiger partial charge on any atom is -0.311 e. The number of anilines is 1. The van der Waals surface area contributed by atoms with Crippen LogP contribution < -0.4 is 10.9 Å². The molecule has 0 saturated carbocycles. The Morgan fingerprint density at radius 3 is 2.79 bits per heavy atom. The van der Waals surface area contributed by atoms with Gasteiger partial charge in [0.05, 0.1) is 17.4 Å². The fourth-order valence-corrected chi connectivity index (χ4v) is 2.53. The summed E-state index contributed by atoms with van der Waals surface area (Å²) in [7, 11) is 0. The van der Waals surface area contributed by atoms with Crippen molar-refractivity contribution in [3.63, 3.8) is 0 Å². The highest BCUT2D eigenvalue weighted by molar-refractivity contribution is 5.95. The van der Waals surface area contributed by atoms with Gasteiger partial charge in [-0.2, -0.15) is 0 Å². The lowest BCUT2D eigenvalue weighted by Gasteiger charge is -2.11. The van der Waals surface area contributed by atoms with E-state index in [1.165, 1.54) is 12.3 Å². The van der Waals surface area contributed by atoms with Gasteiger partial charge in [-0.1, -0.05) is 12.1 Å². The average molecular weight is 321 g/mol. The number of fused-ring (bicyclic) bond motifs is 3. The number of hydrogen-bond donors (Lipinski definition) is 2. The van der Waals surface area contributed by atoms with Crippen LogP contribution in [-0.4, -0.2) is 20.3 Å². The molecule has 1 aromatic carbocycles. The van der Waals surface area contributed by atoms with Crippen LogP contribution in [0, 0.1) is 5.82 Å². The van der Waals surface area contributed by atoms with Crippen LogP contribution in [0.5, 0.6) is 0 Å². The Morgan fingerprint density at radius 1 is 1.04 bits per heavy atom. The molecular weight excluding hydrogens is 309 g/mol. The van der Waals surface area contributed by atoms with Gasteiger partial charge in [0.25, 0.3) is 5.91 Å². The highest BCUT2D eigenvalue weighted by atomic mass is 19.1. The second-order valence-electron chi connectivity index (χ2n) is 5.14. The summed E-state index contributed by atoms with van der Waals surface area (Å²) >= 11 is 0. The van der Waals surface area contributed by atoms with E-state index in [9.17, 15) is 9.18 Å². The van der Waals surface area contributed by atoms with Gasteiger partial charge < -0.3 is 4.40 Å². The maximum Gasteiger partial charge on any atom is 0.288 e. The van der Waals surface area contributed by atoms with E-state index >= 15 is 0 Å². The summed E-state index contributed by atoms with van der Waals surface area (Å²) in [6.45, 7) is 0. The number of pyridine rings is 1. The monoisotopic (exact) mass is 321 g/mol. The predicted molar refractivity (Wildman–Crippen MR) is 88.0 cm³/mol. The Morgan fingerprint density at radius 2 is 1.96 bits per heavy atom. The highest BCUT2D eigenvalue weighted by Gasteiger charge is 2.10. The maximum atomic E-state index is 13.7. The molecule has 0 atom stereocenters. The zero-order valence-corrected chi connectivity index (χ0v) is 12.4. The first-order valence-electron chi connectivity index (χ1n) is 7.26. The predicted octanol–water partition coefficient (Wildman–Crippen LogP) is 2.78. The second kappa shape index (κ2) is 5.62. The molecule has 0 aliphatic rings. The molecule has 2 N–H and O–H groups in total. The number of hydrazine groups is 1. The van der Waals surface area contributed by atoms with Crippen LogP contribution in [0.3, 0.4) is 0 Å². The van der Waals surface area contributed by atoms with Crippen molar-refractivity contribution in [1.82, 2.24) is 19.8 Å². The Kier molecular flexibility index (Phi) is 3.31. The van der Waals surface area contributed by atoms with E-state index in [0.717, 1.165) is 5.52 Å². The van der Waals surface area contributed by atoms with Gasteiger partial charge in [-0.05, 0) is 30.3 Å². The molecular formula is C17H12FN5O. The van der Waals surface area contributed by atoms with Crippen molar-refractivity contribution in [3.05, 3.63) is 72.6 Å². The number of halogens is 1. The molecule has 118 valence electrons. The van der Waals surface area contributed by atoms with E-state index in [-0.39, 0.29) is 11.7 Å². The Balaban J connectivity index is 1.67. The second-order valence-corrected chi connectivity index (χ2v) is 5.14. The fraction of sp³-hybridized carbons (Fsp3) is 0. The Bertz CT molecular complexity index is 1040. The van der Waals surface area contributed by atoms with Crippen molar-refractivity contribution in [1.29, 1.82) is 0 Å². The van der Waals surface area contributed by atoms with Gasteiger partial charge >= 0.3 is 0 Å². The zero-order chi connectivity index (χ0) is 16.5. The average Bonchev–Trinajstić information content (AvgIpc) is 3.02. The molecule has 3 heterocycles. The molecule has 0 aliphatic heterocycles. The first-order chi connectivity index (χ1) is 11.7. The van der Waals surface area contributed by atoms with Crippen molar-refractivity contribution >= 4 is 28.1 Å². The number of para-hydroxylation sites is 1. The molecule has 0 spiro atoms. The summed E-state index contributed by atoms with van der Waals surface area (Å²) in [5.74, 6) is -0.688. The molecule has 0 radical (unpaired) electrons. The largest absolute Gasteiger partial charge is 0.311 e. The number of hydrogen-bond acceptors (Lipinski definition) is 4. The molecule has 0 bridgehead atoms. The number of nitrogens with zero attached hydrogens (tertiary/aromatic N) is 3. The molecule has 7 heteroatoms. The lowest BCUT2D eigenvalue weighted by Crippen LogP contribution is -2.30. The number of benzene rings is 1. The normalized spacial score (nSPS) is 10.9. The molecule has 0 saturated heterocycles. The topological polar surface area (TPSA) is 71.3 Å². The van der Waals surface area contributed by atoms with Gasteiger partial charge in [0.2, 0.25) is 0 Å². The number of aromatic nitrogens is 3. The minimum absolute atomic E-state index is 0.299. The number of rotatable bonds is 3. The number of amides is 1. The van der Waals surface area contributed by atoms with Gasteiger partial charge in [-0.15, -0.1) is 0 Å². The van der Waals surface area contributed by atoms with Crippen molar-refractivity contribution in [3.8, 4) is 0 Å². The van der Waals surface area contributed by atoms with Crippen molar-refractivity contribution in [2.75, 3.05) is 5.43 Å². The van der Waals surface area contributed by atoms with Crippen molar-refractivity contribution < 1.29 is 9.18 Å². The zero-order valence-electron chi connectivity index (χ0n) is 12.4. The number of nitrogens with one attached hydrogen (secondary N) is 2. The smallest absolute Gasteiger partial charge is 0.288 e.